The van der Waals surface area contributed by atoms with Gasteiger partial charge in [0.1, 0.15) is 0 Å². The van der Waals surface area contributed by atoms with Crippen LogP contribution in [0, 0.1) is 6.92 Å². The molecule has 2 aromatic heterocycles. The zero-order chi connectivity index (χ0) is 16.5. The number of rotatable bonds is 2. The first-order valence-corrected chi connectivity index (χ1v) is 8.20. The minimum absolute atomic E-state index is 0.103. The molecule has 4 rings (SSSR count). The third kappa shape index (κ3) is 2.60. The van der Waals surface area contributed by atoms with Crippen molar-refractivity contribution < 1.29 is 4.79 Å². The lowest BCUT2D eigenvalue weighted by Gasteiger charge is -2.26. The minimum atomic E-state index is 0.103. The fourth-order valence-corrected chi connectivity index (χ4v) is 3.26. The largest absolute Gasteiger partial charge is 0.359 e. The molecule has 3 aromatic rings. The van der Waals surface area contributed by atoms with Gasteiger partial charge in [-0.2, -0.15) is 0 Å². The number of amides is 1. The first kappa shape index (κ1) is 14.7. The fraction of sp³-hybridized carbons (Fsp3) is 0.200. The second-order valence-electron chi connectivity index (χ2n) is 6.20. The monoisotopic (exact) mass is 317 g/mol. The van der Waals surface area contributed by atoms with Crippen molar-refractivity contribution in [1.82, 2.24) is 14.9 Å². The highest BCUT2D eigenvalue weighted by molar-refractivity contribution is 5.95. The Bertz CT molecular complexity index is 939. The number of carbonyl (C=O) groups is 1. The highest BCUT2D eigenvalue weighted by Crippen LogP contribution is 2.28. The van der Waals surface area contributed by atoms with E-state index in [0.717, 1.165) is 40.7 Å². The Morgan fingerprint density at radius 1 is 1.25 bits per heavy atom. The first-order chi connectivity index (χ1) is 11.7. The van der Waals surface area contributed by atoms with Gasteiger partial charge in [0.25, 0.3) is 5.91 Å². The van der Waals surface area contributed by atoms with Crippen molar-refractivity contribution in [3.8, 4) is 0 Å². The number of nitrogens with one attached hydrogen (secondary N) is 1. The lowest BCUT2D eigenvalue weighted by molar-refractivity contribution is 0.0773. The van der Waals surface area contributed by atoms with Crippen LogP contribution in [-0.4, -0.2) is 33.9 Å². The number of H-pyrrole nitrogens is 1. The summed E-state index contributed by atoms with van der Waals surface area (Å²) < 4.78 is 0. The van der Waals surface area contributed by atoms with Crippen LogP contribution in [0.4, 0.5) is 0 Å². The molecule has 0 radical (unpaired) electrons. The van der Waals surface area contributed by atoms with Crippen LogP contribution >= 0.6 is 0 Å². The van der Waals surface area contributed by atoms with Crippen molar-refractivity contribution in [3.05, 3.63) is 71.6 Å². The predicted molar refractivity (Wildman–Crippen MR) is 95.8 cm³/mol. The van der Waals surface area contributed by atoms with E-state index in [1.54, 1.807) is 0 Å². The quantitative estimate of drug-likeness (QED) is 0.781. The topological polar surface area (TPSA) is 49.0 Å². The van der Waals surface area contributed by atoms with Crippen LogP contribution in [0.2, 0.25) is 0 Å². The molecule has 0 saturated heterocycles. The summed E-state index contributed by atoms with van der Waals surface area (Å²) in [4.78, 5) is 22.3. The molecule has 4 heteroatoms. The van der Waals surface area contributed by atoms with Gasteiger partial charge in [-0.15, -0.1) is 0 Å². The zero-order valence-electron chi connectivity index (χ0n) is 13.6. The van der Waals surface area contributed by atoms with Crippen LogP contribution in [0.5, 0.6) is 0 Å². The van der Waals surface area contributed by atoms with Gasteiger partial charge in [-0.05, 0) is 43.2 Å². The Morgan fingerprint density at radius 3 is 2.96 bits per heavy atom. The maximum Gasteiger partial charge on any atom is 0.254 e. The molecule has 1 amide bonds. The molecule has 24 heavy (non-hydrogen) atoms. The predicted octanol–water partition coefficient (Wildman–Crippen LogP) is 3.80. The number of aryl methyl sites for hydroxylation is 1. The molecule has 3 heterocycles. The van der Waals surface area contributed by atoms with E-state index in [9.17, 15) is 4.79 Å². The molecule has 0 atom stereocenters. The minimum Gasteiger partial charge on any atom is -0.359 e. The average molecular weight is 317 g/mol. The summed E-state index contributed by atoms with van der Waals surface area (Å²) in [6.45, 7) is 3.38. The fourth-order valence-electron chi connectivity index (χ4n) is 3.26. The van der Waals surface area contributed by atoms with Gasteiger partial charge in [0.15, 0.2) is 0 Å². The third-order valence-electron chi connectivity index (χ3n) is 4.54. The van der Waals surface area contributed by atoms with Crippen molar-refractivity contribution in [2.24, 2.45) is 0 Å². The van der Waals surface area contributed by atoms with Gasteiger partial charge in [0.05, 0.1) is 11.0 Å². The molecule has 0 unspecified atom stereocenters. The van der Waals surface area contributed by atoms with Gasteiger partial charge in [-0.1, -0.05) is 23.8 Å². The molecule has 0 aliphatic carbocycles. The Hall–Kier alpha value is -2.88. The third-order valence-corrected chi connectivity index (χ3v) is 4.54. The standard InChI is InChI=1S/C20H19N3O/c1-14-4-2-5-16(12-14)20(24)23-10-7-15(8-11-23)17-13-22-18-6-3-9-21-19(17)18/h2-7,9,12-13,22H,8,10-11H2,1H3. The lowest BCUT2D eigenvalue weighted by Crippen LogP contribution is -2.34. The number of hydrogen-bond acceptors (Lipinski definition) is 2. The van der Waals surface area contributed by atoms with Gasteiger partial charge in [0.2, 0.25) is 0 Å². The van der Waals surface area contributed by atoms with Gasteiger partial charge >= 0.3 is 0 Å². The summed E-state index contributed by atoms with van der Waals surface area (Å²) in [5.74, 6) is 0.103. The van der Waals surface area contributed by atoms with Crippen LogP contribution in [0.15, 0.2) is 54.9 Å². The van der Waals surface area contributed by atoms with E-state index in [-0.39, 0.29) is 5.91 Å². The van der Waals surface area contributed by atoms with Crippen molar-refractivity contribution in [2.45, 2.75) is 13.3 Å². The molecule has 4 nitrogen and oxygen atoms in total. The van der Waals surface area contributed by atoms with Gasteiger partial charge in [-0.3, -0.25) is 9.78 Å². The molecule has 1 aliphatic heterocycles. The Labute approximate surface area is 140 Å². The van der Waals surface area contributed by atoms with E-state index in [4.69, 9.17) is 0 Å². The van der Waals surface area contributed by atoms with E-state index in [1.165, 1.54) is 5.57 Å². The van der Waals surface area contributed by atoms with Crippen LogP contribution in [0.1, 0.15) is 27.9 Å². The highest BCUT2D eigenvalue weighted by Gasteiger charge is 2.20. The molecular weight excluding hydrogens is 298 g/mol. The SMILES string of the molecule is Cc1cccc(C(=O)N2CC=C(c3c[nH]c4cccnc34)CC2)c1. The Morgan fingerprint density at radius 2 is 2.17 bits per heavy atom. The molecule has 1 N–H and O–H groups in total. The van der Waals surface area contributed by atoms with Gasteiger partial charge in [-0.25, -0.2) is 0 Å². The average Bonchev–Trinajstić information content (AvgIpc) is 3.05. The molecule has 120 valence electrons. The molecule has 0 spiro atoms. The molecule has 1 aromatic carbocycles. The van der Waals surface area contributed by atoms with E-state index < -0.39 is 0 Å². The highest BCUT2D eigenvalue weighted by atomic mass is 16.2. The first-order valence-electron chi connectivity index (χ1n) is 8.20. The summed E-state index contributed by atoms with van der Waals surface area (Å²) in [7, 11) is 0. The number of aromatic amines is 1. The maximum absolute atomic E-state index is 12.6. The van der Waals surface area contributed by atoms with E-state index in [2.05, 4.69) is 16.0 Å². The number of fused-ring (bicyclic) bond motifs is 1. The van der Waals surface area contributed by atoms with Crippen LogP contribution in [0.25, 0.3) is 16.6 Å². The van der Waals surface area contributed by atoms with Crippen LogP contribution in [0.3, 0.4) is 0 Å². The van der Waals surface area contributed by atoms with Crippen molar-refractivity contribution >= 4 is 22.5 Å². The number of nitrogens with zero attached hydrogens (tertiary/aromatic N) is 2. The number of aromatic nitrogens is 2. The summed E-state index contributed by atoms with van der Waals surface area (Å²) >= 11 is 0. The molecular formula is C20H19N3O. The summed E-state index contributed by atoms with van der Waals surface area (Å²) in [6.07, 6.45) is 6.83. The maximum atomic E-state index is 12.6. The molecule has 1 aliphatic rings. The summed E-state index contributed by atoms with van der Waals surface area (Å²) in [6, 6.07) is 11.7. The summed E-state index contributed by atoms with van der Waals surface area (Å²) in [5.41, 5.74) is 6.33. The number of hydrogen-bond donors (Lipinski definition) is 1. The van der Waals surface area contributed by atoms with E-state index in [0.29, 0.717) is 6.54 Å². The van der Waals surface area contributed by atoms with E-state index >= 15 is 0 Å². The normalized spacial score (nSPS) is 14.7. The smallest absolute Gasteiger partial charge is 0.254 e. The van der Waals surface area contributed by atoms with Gasteiger partial charge < -0.3 is 9.88 Å². The Kier molecular flexibility index (Phi) is 3.65. The van der Waals surface area contributed by atoms with Crippen molar-refractivity contribution in [3.63, 3.8) is 0 Å². The van der Waals surface area contributed by atoms with Crippen LogP contribution in [-0.2, 0) is 0 Å². The van der Waals surface area contributed by atoms with Crippen molar-refractivity contribution in [1.29, 1.82) is 0 Å². The molecule has 0 saturated carbocycles. The second-order valence-corrected chi connectivity index (χ2v) is 6.20. The second kappa shape index (κ2) is 5.96. The number of carbonyl (C=O) groups excluding carboxylic acids is 1. The van der Waals surface area contributed by atoms with Gasteiger partial charge in [0, 0.05) is 36.6 Å². The Balaban J connectivity index is 1.56. The summed E-state index contributed by atoms with van der Waals surface area (Å²) in [5, 5.41) is 0. The zero-order valence-corrected chi connectivity index (χ0v) is 13.6. The lowest BCUT2D eigenvalue weighted by atomic mass is 10.0. The molecule has 0 bridgehead atoms. The van der Waals surface area contributed by atoms with E-state index in [1.807, 2.05) is 60.6 Å². The van der Waals surface area contributed by atoms with Crippen molar-refractivity contribution in [2.75, 3.05) is 13.1 Å². The number of benzene rings is 1. The number of pyridine rings is 1. The van der Waals surface area contributed by atoms with Crippen LogP contribution < -0.4 is 0 Å². The molecule has 0 fully saturated rings.